The van der Waals surface area contributed by atoms with E-state index in [1.54, 1.807) is 18.7 Å². The van der Waals surface area contributed by atoms with Gasteiger partial charge in [-0.25, -0.2) is 0 Å². The molecule has 2 aromatic rings. The van der Waals surface area contributed by atoms with E-state index in [1.807, 2.05) is 13.1 Å². The summed E-state index contributed by atoms with van der Waals surface area (Å²) in [6.45, 7) is 6.46. The molecule has 7 nitrogen and oxygen atoms in total. The molecule has 0 radical (unpaired) electrons. The van der Waals surface area contributed by atoms with Crippen molar-refractivity contribution in [2.24, 2.45) is 0 Å². The first kappa shape index (κ1) is 23.1. The number of ether oxygens (including phenoxy) is 1. The molecule has 29 heavy (non-hydrogen) atoms. The van der Waals surface area contributed by atoms with Crippen LogP contribution in [0.15, 0.2) is 30.3 Å². The van der Waals surface area contributed by atoms with Gasteiger partial charge in [0.25, 0.3) is 5.91 Å². The minimum absolute atomic E-state index is 0. The zero-order valence-corrected chi connectivity index (χ0v) is 19.0. The lowest BCUT2D eigenvalue weighted by Crippen LogP contribution is -2.46. The number of nitrogen functional groups attached to an aromatic ring is 1. The van der Waals surface area contributed by atoms with Crippen molar-refractivity contribution in [3.63, 3.8) is 0 Å². The van der Waals surface area contributed by atoms with Crippen LogP contribution in [0.3, 0.4) is 0 Å². The fourth-order valence-corrected chi connectivity index (χ4v) is 3.50. The number of hydrogen-bond acceptors (Lipinski definition) is 6. The normalized spacial score (nSPS) is 14.9. The molecule has 2 N–H and O–H groups in total. The quantitative estimate of drug-likeness (QED) is 0.708. The zero-order chi connectivity index (χ0) is 20.1. The number of nitrogens with two attached hydrogens (primary N) is 1. The summed E-state index contributed by atoms with van der Waals surface area (Å²) in [6.07, 6.45) is 1.93. The second-order valence-corrected chi connectivity index (χ2v) is 7.38. The number of benzene rings is 1. The number of aromatic nitrogens is 2. The summed E-state index contributed by atoms with van der Waals surface area (Å²) in [5, 5.41) is 0. The molecule has 1 fully saturated rings. The predicted molar refractivity (Wildman–Crippen MR) is 119 cm³/mol. The van der Waals surface area contributed by atoms with E-state index in [0.29, 0.717) is 17.1 Å². The van der Waals surface area contributed by atoms with Crippen LogP contribution in [0.5, 0.6) is 6.01 Å². The van der Waals surface area contributed by atoms with Gasteiger partial charge in [0.15, 0.2) is 6.61 Å². The third-order valence-electron chi connectivity index (χ3n) is 5.38. The lowest BCUT2D eigenvalue weighted by molar-refractivity contribution is -0.135. The van der Waals surface area contributed by atoms with Crippen molar-refractivity contribution >= 4 is 28.6 Å². The number of piperidine rings is 1. The Bertz CT molecular complexity index is 787. The van der Waals surface area contributed by atoms with Crippen molar-refractivity contribution in [1.29, 1.82) is 0 Å². The highest BCUT2D eigenvalue weighted by Gasteiger charge is 2.25. The highest BCUT2D eigenvalue weighted by atomic mass is 79.9. The molecule has 0 unspecified atom stereocenters. The van der Waals surface area contributed by atoms with Gasteiger partial charge in [0, 0.05) is 32.7 Å². The monoisotopic (exact) mass is 463 g/mol. The average molecular weight is 464 g/mol. The molecule has 1 amide bonds. The van der Waals surface area contributed by atoms with Crippen LogP contribution in [0.4, 0.5) is 5.69 Å². The number of anilines is 1. The van der Waals surface area contributed by atoms with Gasteiger partial charge in [-0.2, -0.15) is 9.97 Å². The van der Waals surface area contributed by atoms with Crippen LogP contribution in [0, 0.1) is 13.8 Å². The maximum absolute atomic E-state index is 12.5. The molecule has 8 heteroatoms. The molecule has 158 valence electrons. The summed E-state index contributed by atoms with van der Waals surface area (Å²) in [5.41, 5.74) is 9.06. The number of hydrogen-bond donors (Lipinski definition) is 1. The minimum Gasteiger partial charge on any atom is -0.453 e. The Morgan fingerprint density at radius 1 is 1.17 bits per heavy atom. The number of nitrogens with zero attached hydrogens (tertiary/aromatic N) is 4. The van der Waals surface area contributed by atoms with Crippen LogP contribution >= 0.6 is 17.0 Å². The summed E-state index contributed by atoms with van der Waals surface area (Å²) >= 11 is 0. The van der Waals surface area contributed by atoms with E-state index in [1.165, 1.54) is 5.56 Å². The standard InChI is InChI=1S/C21H29N5O2.BrH/c1-15-20(22)16(2)24-21(23-15)28-14-19(27)25(3)18-9-11-26(12-10-18)13-17-7-5-4-6-8-17;/h4-8,18H,9-14,22H2,1-3H3;1H. The molecule has 1 aromatic heterocycles. The van der Waals surface area contributed by atoms with Crippen LogP contribution in [-0.2, 0) is 11.3 Å². The first-order valence-corrected chi connectivity index (χ1v) is 9.69. The van der Waals surface area contributed by atoms with Crippen LogP contribution in [0.1, 0.15) is 29.8 Å². The molecule has 3 rings (SSSR count). The number of rotatable bonds is 6. The summed E-state index contributed by atoms with van der Waals surface area (Å²) < 4.78 is 5.52. The van der Waals surface area contributed by atoms with Crippen LogP contribution in [0.2, 0.25) is 0 Å². The van der Waals surface area contributed by atoms with E-state index in [-0.39, 0.29) is 41.5 Å². The molecule has 0 spiro atoms. The molecule has 0 saturated carbocycles. The average Bonchev–Trinajstić information content (AvgIpc) is 2.71. The van der Waals surface area contributed by atoms with Gasteiger partial charge >= 0.3 is 6.01 Å². The summed E-state index contributed by atoms with van der Waals surface area (Å²) in [7, 11) is 1.85. The number of carbonyl (C=O) groups is 1. The Balaban J connectivity index is 0.00000300. The highest BCUT2D eigenvalue weighted by Crippen LogP contribution is 2.19. The predicted octanol–water partition coefficient (Wildman–Crippen LogP) is 2.76. The Kier molecular flexibility index (Phi) is 8.40. The smallest absolute Gasteiger partial charge is 0.317 e. The van der Waals surface area contributed by atoms with Gasteiger partial charge in [-0.05, 0) is 32.3 Å². The van der Waals surface area contributed by atoms with Gasteiger partial charge in [-0.3, -0.25) is 9.69 Å². The van der Waals surface area contributed by atoms with Crippen LogP contribution in [-0.4, -0.2) is 58.5 Å². The number of carbonyl (C=O) groups excluding carboxylic acids is 1. The van der Waals surface area contributed by atoms with Gasteiger partial charge in [0.1, 0.15) is 0 Å². The van der Waals surface area contributed by atoms with Gasteiger partial charge < -0.3 is 15.4 Å². The Hall–Kier alpha value is -2.19. The third kappa shape index (κ3) is 6.14. The van der Waals surface area contributed by atoms with Gasteiger partial charge in [0.2, 0.25) is 0 Å². The first-order valence-electron chi connectivity index (χ1n) is 9.69. The summed E-state index contributed by atoms with van der Waals surface area (Å²) in [5.74, 6) is -0.0581. The SMILES string of the molecule is Br.Cc1nc(OCC(=O)N(C)C2CCN(Cc3ccccc3)CC2)nc(C)c1N. The summed E-state index contributed by atoms with van der Waals surface area (Å²) in [6, 6.07) is 10.9. The molecule has 1 aliphatic rings. The Morgan fingerprint density at radius 3 is 2.34 bits per heavy atom. The molecule has 1 saturated heterocycles. The zero-order valence-electron chi connectivity index (χ0n) is 17.3. The topological polar surface area (TPSA) is 84.6 Å². The number of amides is 1. The summed E-state index contributed by atoms with van der Waals surface area (Å²) in [4.78, 5) is 25.2. The van der Waals surface area contributed by atoms with Crippen molar-refractivity contribution in [2.75, 3.05) is 32.5 Å². The van der Waals surface area contributed by atoms with E-state index in [0.717, 1.165) is 32.5 Å². The third-order valence-corrected chi connectivity index (χ3v) is 5.38. The van der Waals surface area contributed by atoms with E-state index >= 15 is 0 Å². The molecule has 1 aromatic carbocycles. The molecule has 0 bridgehead atoms. The van der Waals surface area contributed by atoms with Crippen molar-refractivity contribution in [1.82, 2.24) is 19.8 Å². The molecule has 0 atom stereocenters. The fraction of sp³-hybridized carbons (Fsp3) is 0.476. The van der Waals surface area contributed by atoms with Crippen molar-refractivity contribution in [3.8, 4) is 6.01 Å². The first-order chi connectivity index (χ1) is 13.4. The maximum Gasteiger partial charge on any atom is 0.317 e. The number of likely N-dealkylation sites (tertiary alicyclic amines) is 1. The van der Waals surface area contributed by atoms with Gasteiger partial charge in [-0.1, -0.05) is 30.3 Å². The molecule has 0 aliphatic carbocycles. The van der Waals surface area contributed by atoms with Crippen molar-refractivity contribution < 1.29 is 9.53 Å². The molecule has 2 heterocycles. The van der Waals surface area contributed by atoms with E-state index < -0.39 is 0 Å². The molecular formula is C21H30BrN5O2. The Morgan fingerprint density at radius 2 is 1.76 bits per heavy atom. The number of aryl methyl sites for hydroxylation is 2. The lowest BCUT2D eigenvalue weighted by atomic mass is 10.0. The van der Waals surface area contributed by atoms with Gasteiger partial charge in [-0.15, -0.1) is 17.0 Å². The fourth-order valence-electron chi connectivity index (χ4n) is 3.50. The number of halogens is 1. The number of likely N-dealkylation sites (N-methyl/N-ethyl adjacent to an activating group) is 1. The minimum atomic E-state index is -0.0659. The second-order valence-electron chi connectivity index (χ2n) is 7.38. The van der Waals surface area contributed by atoms with Crippen molar-refractivity contribution in [3.05, 3.63) is 47.3 Å². The molecule has 1 aliphatic heterocycles. The molecular weight excluding hydrogens is 434 g/mol. The van der Waals surface area contributed by atoms with E-state index in [9.17, 15) is 4.79 Å². The second kappa shape index (κ2) is 10.5. The van der Waals surface area contributed by atoms with Crippen LogP contribution < -0.4 is 10.5 Å². The van der Waals surface area contributed by atoms with E-state index in [4.69, 9.17) is 10.5 Å². The van der Waals surface area contributed by atoms with E-state index in [2.05, 4.69) is 39.1 Å². The highest BCUT2D eigenvalue weighted by molar-refractivity contribution is 8.93. The van der Waals surface area contributed by atoms with Crippen LogP contribution in [0.25, 0.3) is 0 Å². The van der Waals surface area contributed by atoms with Crippen molar-refractivity contribution in [2.45, 2.75) is 39.3 Å². The lowest BCUT2D eigenvalue weighted by Gasteiger charge is -2.36. The largest absolute Gasteiger partial charge is 0.453 e. The Labute approximate surface area is 183 Å². The van der Waals surface area contributed by atoms with Gasteiger partial charge in [0.05, 0.1) is 17.1 Å². The maximum atomic E-state index is 12.5.